The lowest BCUT2D eigenvalue weighted by Gasteiger charge is -2.12. The number of methoxy groups -OCH3 is 2. The van der Waals surface area contributed by atoms with Crippen LogP contribution in [0.2, 0.25) is 0 Å². The van der Waals surface area contributed by atoms with Gasteiger partial charge in [0.05, 0.1) is 13.7 Å². The third-order valence-electron chi connectivity index (χ3n) is 2.67. The topological polar surface area (TPSA) is 44.5 Å². The van der Waals surface area contributed by atoms with E-state index >= 15 is 0 Å². The first-order valence-electron chi connectivity index (χ1n) is 5.61. The van der Waals surface area contributed by atoms with E-state index in [0.717, 1.165) is 24.2 Å². The number of hydrogen-bond acceptors (Lipinski definition) is 3. The average Bonchev–Trinajstić information content (AvgIpc) is 2.30. The van der Waals surface area contributed by atoms with Crippen molar-refractivity contribution in [3.8, 4) is 5.75 Å². The van der Waals surface area contributed by atoms with Crippen LogP contribution in [0.5, 0.6) is 5.75 Å². The van der Waals surface area contributed by atoms with Gasteiger partial charge in [-0.15, -0.1) is 0 Å². The molecule has 0 radical (unpaired) electrons. The first-order chi connectivity index (χ1) is 7.71. The highest BCUT2D eigenvalue weighted by molar-refractivity contribution is 5.37. The lowest BCUT2D eigenvalue weighted by molar-refractivity contribution is 0.181. The molecular formula is C13H21NO2. The van der Waals surface area contributed by atoms with Crippen molar-refractivity contribution in [2.24, 2.45) is 5.73 Å². The molecular weight excluding hydrogens is 202 g/mol. The Kier molecular flexibility index (Phi) is 5.29. The summed E-state index contributed by atoms with van der Waals surface area (Å²) in [5.74, 6) is 0.871. The molecule has 0 aromatic heterocycles. The minimum atomic E-state index is 0.226. The van der Waals surface area contributed by atoms with Crippen LogP contribution in [0.3, 0.4) is 0 Å². The minimum Gasteiger partial charge on any atom is -0.496 e. The lowest BCUT2D eigenvalue weighted by atomic mass is 10.0. The van der Waals surface area contributed by atoms with Crippen molar-refractivity contribution in [1.29, 1.82) is 0 Å². The van der Waals surface area contributed by atoms with Gasteiger partial charge in [0.2, 0.25) is 0 Å². The van der Waals surface area contributed by atoms with Gasteiger partial charge < -0.3 is 15.2 Å². The van der Waals surface area contributed by atoms with E-state index in [1.165, 1.54) is 5.56 Å². The molecule has 3 heteroatoms. The third-order valence-corrected chi connectivity index (χ3v) is 2.67. The third kappa shape index (κ3) is 3.51. The highest BCUT2D eigenvalue weighted by Crippen LogP contribution is 2.21. The van der Waals surface area contributed by atoms with Crippen molar-refractivity contribution in [2.75, 3.05) is 14.2 Å². The SMILES string of the molecule is CCC(N)Cc1ccc(OC)c(COC)c1. The Hall–Kier alpha value is -1.06. The Morgan fingerprint density at radius 2 is 2.06 bits per heavy atom. The van der Waals surface area contributed by atoms with Gasteiger partial charge in [0.15, 0.2) is 0 Å². The van der Waals surface area contributed by atoms with Crippen LogP contribution in [0, 0.1) is 0 Å². The molecule has 1 rings (SSSR count). The summed E-state index contributed by atoms with van der Waals surface area (Å²) in [4.78, 5) is 0. The molecule has 1 unspecified atom stereocenters. The molecule has 0 spiro atoms. The van der Waals surface area contributed by atoms with Crippen LogP contribution in [0.25, 0.3) is 0 Å². The van der Waals surface area contributed by atoms with Crippen molar-refractivity contribution in [3.05, 3.63) is 29.3 Å². The molecule has 0 saturated heterocycles. The fraction of sp³-hybridized carbons (Fsp3) is 0.538. The Labute approximate surface area is 97.6 Å². The number of hydrogen-bond donors (Lipinski definition) is 1. The quantitative estimate of drug-likeness (QED) is 0.803. The van der Waals surface area contributed by atoms with E-state index in [1.54, 1.807) is 14.2 Å². The first kappa shape index (κ1) is 13.0. The molecule has 1 atom stereocenters. The number of ether oxygens (including phenoxy) is 2. The molecule has 0 heterocycles. The summed E-state index contributed by atoms with van der Waals surface area (Å²) in [6, 6.07) is 6.38. The van der Waals surface area contributed by atoms with Crippen LogP contribution >= 0.6 is 0 Å². The van der Waals surface area contributed by atoms with Crippen LogP contribution in [0.4, 0.5) is 0 Å². The highest BCUT2D eigenvalue weighted by atomic mass is 16.5. The minimum absolute atomic E-state index is 0.226. The van der Waals surface area contributed by atoms with E-state index in [4.69, 9.17) is 15.2 Å². The maximum Gasteiger partial charge on any atom is 0.124 e. The van der Waals surface area contributed by atoms with Crippen molar-refractivity contribution >= 4 is 0 Å². The van der Waals surface area contributed by atoms with Gasteiger partial charge in [0.25, 0.3) is 0 Å². The average molecular weight is 223 g/mol. The van der Waals surface area contributed by atoms with E-state index in [0.29, 0.717) is 6.61 Å². The van der Waals surface area contributed by atoms with Gasteiger partial charge in [-0.2, -0.15) is 0 Å². The Morgan fingerprint density at radius 3 is 2.62 bits per heavy atom. The Balaban J connectivity index is 2.84. The van der Waals surface area contributed by atoms with Crippen LogP contribution in [-0.2, 0) is 17.8 Å². The molecule has 2 N–H and O–H groups in total. The van der Waals surface area contributed by atoms with Crippen molar-refractivity contribution in [3.63, 3.8) is 0 Å². The number of rotatable bonds is 6. The van der Waals surface area contributed by atoms with E-state index in [1.807, 2.05) is 6.07 Å². The zero-order chi connectivity index (χ0) is 12.0. The maximum absolute atomic E-state index is 5.94. The molecule has 0 amide bonds. The van der Waals surface area contributed by atoms with Gasteiger partial charge >= 0.3 is 0 Å². The Morgan fingerprint density at radius 1 is 1.31 bits per heavy atom. The molecule has 0 aliphatic heterocycles. The molecule has 16 heavy (non-hydrogen) atoms. The van der Waals surface area contributed by atoms with Crippen molar-refractivity contribution in [1.82, 2.24) is 0 Å². The summed E-state index contributed by atoms with van der Waals surface area (Å²) in [5, 5.41) is 0. The van der Waals surface area contributed by atoms with Gasteiger partial charge in [-0.25, -0.2) is 0 Å². The van der Waals surface area contributed by atoms with E-state index < -0.39 is 0 Å². The monoisotopic (exact) mass is 223 g/mol. The van der Waals surface area contributed by atoms with Gasteiger partial charge in [-0.1, -0.05) is 13.0 Å². The molecule has 1 aromatic rings. The molecule has 0 saturated carbocycles. The fourth-order valence-electron chi connectivity index (χ4n) is 1.67. The van der Waals surface area contributed by atoms with Gasteiger partial charge in [-0.3, -0.25) is 0 Å². The van der Waals surface area contributed by atoms with Gasteiger partial charge in [0.1, 0.15) is 5.75 Å². The molecule has 0 aliphatic rings. The van der Waals surface area contributed by atoms with Crippen LogP contribution in [0.15, 0.2) is 18.2 Å². The molecule has 3 nitrogen and oxygen atoms in total. The molecule has 0 bridgehead atoms. The second-order valence-corrected chi connectivity index (χ2v) is 3.95. The van der Waals surface area contributed by atoms with Crippen LogP contribution in [0.1, 0.15) is 24.5 Å². The second kappa shape index (κ2) is 6.51. The Bertz CT molecular complexity index is 326. The summed E-state index contributed by atoms with van der Waals surface area (Å²) in [7, 11) is 3.36. The van der Waals surface area contributed by atoms with Gasteiger partial charge in [0, 0.05) is 18.7 Å². The van der Waals surface area contributed by atoms with Crippen LogP contribution < -0.4 is 10.5 Å². The normalized spacial score (nSPS) is 12.5. The summed E-state index contributed by atoms with van der Waals surface area (Å²) < 4.78 is 10.4. The zero-order valence-electron chi connectivity index (χ0n) is 10.3. The molecule has 0 fully saturated rings. The summed E-state index contributed by atoms with van der Waals surface area (Å²) in [5.41, 5.74) is 8.25. The second-order valence-electron chi connectivity index (χ2n) is 3.95. The van der Waals surface area contributed by atoms with Gasteiger partial charge in [-0.05, 0) is 30.5 Å². The largest absolute Gasteiger partial charge is 0.496 e. The molecule has 1 aromatic carbocycles. The van der Waals surface area contributed by atoms with Crippen LogP contribution in [-0.4, -0.2) is 20.3 Å². The summed E-state index contributed by atoms with van der Waals surface area (Å²) in [6.07, 6.45) is 1.89. The summed E-state index contributed by atoms with van der Waals surface area (Å²) >= 11 is 0. The fourth-order valence-corrected chi connectivity index (χ4v) is 1.67. The standard InChI is InChI=1S/C13H21NO2/c1-4-12(14)8-10-5-6-13(16-3)11(7-10)9-15-2/h5-7,12H,4,8-9,14H2,1-3H3. The molecule has 90 valence electrons. The molecule has 0 aliphatic carbocycles. The van der Waals surface area contributed by atoms with E-state index in [-0.39, 0.29) is 6.04 Å². The zero-order valence-corrected chi connectivity index (χ0v) is 10.3. The predicted molar refractivity (Wildman–Crippen MR) is 65.7 cm³/mol. The first-order valence-corrected chi connectivity index (χ1v) is 5.61. The lowest BCUT2D eigenvalue weighted by Crippen LogP contribution is -2.21. The predicted octanol–water partition coefficient (Wildman–Crippen LogP) is 2.12. The smallest absolute Gasteiger partial charge is 0.124 e. The number of nitrogens with two attached hydrogens (primary N) is 1. The van der Waals surface area contributed by atoms with E-state index in [2.05, 4.69) is 19.1 Å². The van der Waals surface area contributed by atoms with Crippen molar-refractivity contribution < 1.29 is 9.47 Å². The number of benzene rings is 1. The summed E-state index contributed by atoms with van der Waals surface area (Å²) in [6.45, 7) is 2.67. The van der Waals surface area contributed by atoms with Crippen molar-refractivity contribution in [2.45, 2.75) is 32.4 Å². The highest BCUT2D eigenvalue weighted by Gasteiger charge is 2.06. The van der Waals surface area contributed by atoms with E-state index in [9.17, 15) is 0 Å². The maximum atomic E-state index is 5.94.